The van der Waals surface area contributed by atoms with E-state index in [0.717, 1.165) is 30.8 Å². The molecule has 2 rings (SSSR count). The van der Waals surface area contributed by atoms with Gasteiger partial charge in [-0.3, -0.25) is 0 Å². The summed E-state index contributed by atoms with van der Waals surface area (Å²) in [6.45, 7) is 7.45. The highest BCUT2D eigenvalue weighted by molar-refractivity contribution is 5.31. The number of hydrogen-bond acceptors (Lipinski definition) is 4. The number of ether oxygens (including phenoxy) is 1. The summed E-state index contributed by atoms with van der Waals surface area (Å²) in [6, 6.07) is 4.85. The summed E-state index contributed by atoms with van der Waals surface area (Å²) in [6.07, 6.45) is 2.85. The van der Waals surface area contributed by atoms with Crippen molar-refractivity contribution in [1.29, 1.82) is 0 Å². The molecule has 0 radical (unpaired) electrons. The van der Waals surface area contributed by atoms with Crippen LogP contribution in [0.15, 0.2) is 24.4 Å². The van der Waals surface area contributed by atoms with Crippen LogP contribution in [0.1, 0.15) is 30.2 Å². The van der Waals surface area contributed by atoms with Crippen molar-refractivity contribution in [3.05, 3.63) is 47.0 Å². The van der Waals surface area contributed by atoms with E-state index in [1.807, 2.05) is 6.92 Å². The van der Waals surface area contributed by atoms with Crippen molar-refractivity contribution < 1.29 is 9.13 Å². The molecule has 4 nitrogen and oxygen atoms in total. The summed E-state index contributed by atoms with van der Waals surface area (Å²) in [7, 11) is 0. The Morgan fingerprint density at radius 3 is 2.76 bits per heavy atom. The van der Waals surface area contributed by atoms with E-state index in [-0.39, 0.29) is 11.8 Å². The van der Waals surface area contributed by atoms with E-state index < -0.39 is 0 Å². The van der Waals surface area contributed by atoms with Gasteiger partial charge in [-0.2, -0.15) is 4.98 Å². The van der Waals surface area contributed by atoms with Gasteiger partial charge in [0.25, 0.3) is 0 Å². The zero-order chi connectivity index (χ0) is 15.2. The SMILES string of the molecule is CCCNCc1cnc(Oc2ccc(F)c(C)c2)nc1C. The smallest absolute Gasteiger partial charge is 0.322 e. The molecule has 0 spiro atoms. The molecule has 0 aliphatic heterocycles. The first-order valence-corrected chi connectivity index (χ1v) is 7.07. The minimum absolute atomic E-state index is 0.253. The zero-order valence-corrected chi connectivity index (χ0v) is 12.6. The van der Waals surface area contributed by atoms with Gasteiger partial charge < -0.3 is 10.1 Å². The number of nitrogens with one attached hydrogen (secondary N) is 1. The topological polar surface area (TPSA) is 47.0 Å². The van der Waals surface area contributed by atoms with Crippen LogP contribution in [0.3, 0.4) is 0 Å². The number of aromatic nitrogens is 2. The molecule has 0 fully saturated rings. The largest absolute Gasteiger partial charge is 0.424 e. The lowest BCUT2D eigenvalue weighted by molar-refractivity contribution is 0.437. The summed E-state index contributed by atoms with van der Waals surface area (Å²) in [4.78, 5) is 8.53. The van der Waals surface area contributed by atoms with Gasteiger partial charge in [-0.25, -0.2) is 9.37 Å². The Morgan fingerprint density at radius 1 is 1.29 bits per heavy atom. The fourth-order valence-electron chi connectivity index (χ4n) is 1.88. The van der Waals surface area contributed by atoms with Crippen molar-refractivity contribution in [1.82, 2.24) is 15.3 Å². The van der Waals surface area contributed by atoms with Gasteiger partial charge in [-0.05, 0) is 50.6 Å². The Hall–Kier alpha value is -2.01. The maximum atomic E-state index is 13.2. The number of hydrogen-bond donors (Lipinski definition) is 1. The molecule has 0 unspecified atom stereocenters. The van der Waals surface area contributed by atoms with Gasteiger partial charge in [0.2, 0.25) is 0 Å². The third kappa shape index (κ3) is 4.23. The van der Waals surface area contributed by atoms with E-state index in [4.69, 9.17) is 4.74 Å². The molecule has 0 saturated carbocycles. The van der Waals surface area contributed by atoms with Crippen LogP contribution in [0.4, 0.5) is 4.39 Å². The monoisotopic (exact) mass is 289 g/mol. The van der Waals surface area contributed by atoms with Crippen LogP contribution in [0.5, 0.6) is 11.8 Å². The number of aryl methyl sites for hydroxylation is 2. The predicted octanol–water partition coefficient (Wildman–Crippen LogP) is 3.52. The molecule has 1 heterocycles. The van der Waals surface area contributed by atoms with Gasteiger partial charge in [0.15, 0.2) is 0 Å². The van der Waals surface area contributed by atoms with E-state index in [1.165, 1.54) is 6.07 Å². The van der Waals surface area contributed by atoms with Gasteiger partial charge >= 0.3 is 6.01 Å². The predicted molar refractivity (Wildman–Crippen MR) is 80.0 cm³/mol. The minimum Gasteiger partial charge on any atom is -0.424 e. The molecule has 0 aliphatic carbocycles. The van der Waals surface area contributed by atoms with E-state index in [2.05, 4.69) is 22.2 Å². The van der Waals surface area contributed by atoms with Gasteiger partial charge in [0.05, 0.1) is 0 Å². The summed E-state index contributed by atoms with van der Waals surface area (Å²) < 4.78 is 18.8. The minimum atomic E-state index is -0.253. The summed E-state index contributed by atoms with van der Waals surface area (Å²) in [5.74, 6) is 0.280. The lowest BCUT2D eigenvalue weighted by atomic mass is 10.2. The first-order chi connectivity index (χ1) is 10.1. The van der Waals surface area contributed by atoms with Gasteiger partial charge in [-0.1, -0.05) is 6.92 Å². The lowest BCUT2D eigenvalue weighted by Gasteiger charge is -2.09. The van der Waals surface area contributed by atoms with Crippen molar-refractivity contribution in [3.63, 3.8) is 0 Å². The number of halogens is 1. The average Bonchev–Trinajstić information content (AvgIpc) is 2.45. The summed E-state index contributed by atoms with van der Waals surface area (Å²) >= 11 is 0. The third-order valence-electron chi connectivity index (χ3n) is 3.14. The molecule has 112 valence electrons. The summed E-state index contributed by atoms with van der Waals surface area (Å²) in [5, 5.41) is 3.31. The molecule has 1 aromatic carbocycles. The molecule has 0 atom stereocenters. The van der Waals surface area contributed by atoms with E-state index in [9.17, 15) is 4.39 Å². The average molecular weight is 289 g/mol. The molecule has 1 N–H and O–H groups in total. The van der Waals surface area contributed by atoms with Crippen LogP contribution in [-0.2, 0) is 6.54 Å². The van der Waals surface area contributed by atoms with Gasteiger partial charge in [-0.15, -0.1) is 0 Å². The van der Waals surface area contributed by atoms with Gasteiger partial charge in [0.1, 0.15) is 11.6 Å². The fraction of sp³-hybridized carbons (Fsp3) is 0.375. The van der Waals surface area contributed by atoms with Crippen molar-refractivity contribution >= 4 is 0 Å². The number of benzene rings is 1. The zero-order valence-electron chi connectivity index (χ0n) is 12.6. The first kappa shape index (κ1) is 15.4. The van der Waals surface area contributed by atoms with Crippen LogP contribution in [-0.4, -0.2) is 16.5 Å². The fourth-order valence-corrected chi connectivity index (χ4v) is 1.88. The maximum absolute atomic E-state index is 13.2. The van der Waals surface area contributed by atoms with E-state index in [1.54, 1.807) is 25.3 Å². The molecule has 0 bridgehead atoms. The van der Waals surface area contributed by atoms with Crippen LogP contribution in [0, 0.1) is 19.7 Å². The normalized spacial score (nSPS) is 10.7. The molecule has 0 amide bonds. The second-order valence-electron chi connectivity index (χ2n) is 4.95. The molecular weight excluding hydrogens is 269 g/mol. The second-order valence-corrected chi connectivity index (χ2v) is 4.95. The van der Waals surface area contributed by atoms with Crippen molar-refractivity contribution in [3.8, 4) is 11.8 Å². The molecular formula is C16H20FN3O. The molecule has 2 aromatic rings. The number of rotatable bonds is 6. The molecule has 1 aromatic heterocycles. The number of nitrogens with zero attached hydrogens (tertiary/aromatic N) is 2. The molecule has 5 heteroatoms. The van der Waals surface area contributed by atoms with Crippen molar-refractivity contribution in [2.24, 2.45) is 0 Å². The van der Waals surface area contributed by atoms with Crippen LogP contribution in [0.2, 0.25) is 0 Å². The Bertz CT molecular complexity index is 616. The highest BCUT2D eigenvalue weighted by Gasteiger charge is 2.06. The second kappa shape index (κ2) is 7.13. The highest BCUT2D eigenvalue weighted by atomic mass is 19.1. The van der Waals surface area contributed by atoms with Crippen molar-refractivity contribution in [2.45, 2.75) is 33.7 Å². The highest BCUT2D eigenvalue weighted by Crippen LogP contribution is 2.21. The van der Waals surface area contributed by atoms with Crippen LogP contribution in [0.25, 0.3) is 0 Å². The van der Waals surface area contributed by atoms with Crippen molar-refractivity contribution in [2.75, 3.05) is 6.54 Å². The molecule has 0 saturated heterocycles. The van der Waals surface area contributed by atoms with Crippen LogP contribution < -0.4 is 10.1 Å². The Balaban J connectivity index is 2.07. The maximum Gasteiger partial charge on any atom is 0.322 e. The van der Waals surface area contributed by atoms with E-state index in [0.29, 0.717) is 11.3 Å². The third-order valence-corrected chi connectivity index (χ3v) is 3.14. The quantitative estimate of drug-likeness (QED) is 0.826. The van der Waals surface area contributed by atoms with Crippen LogP contribution >= 0.6 is 0 Å². The summed E-state index contributed by atoms with van der Waals surface area (Å²) in [5.41, 5.74) is 2.46. The molecule has 21 heavy (non-hydrogen) atoms. The molecule has 0 aliphatic rings. The Labute approximate surface area is 124 Å². The lowest BCUT2D eigenvalue weighted by Crippen LogP contribution is -2.15. The van der Waals surface area contributed by atoms with Gasteiger partial charge in [0, 0.05) is 24.0 Å². The Kier molecular flexibility index (Phi) is 5.22. The Morgan fingerprint density at radius 2 is 2.10 bits per heavy atom. The van der Waals surface area contributed by atoms with E-state index >= 15 is 0 Å². The first-order valence-electron chi connectivity index (χ1n) is 7.07. The standard InChI is InChI=1S/C16H20FN3O/c1-4-7-18-9-13-10-19-16(20-12(13)3)21-14-5-6-15(17)11(2)8-14/h5-6,8,10,18H,4,7,9H2,1-3H3.